The molecule has 0 aromatic carbocycles. The van der Waals surface area contributed by atoms with Gasteiger partial charge in [0.1, 0.15) is 66.5 Å². The molecule has 0 heterocycles. The predicted octanol–water partition coefficient (Wildman–Crippen LogP) is 4.53. The second-order valence-corrected chi connectivity index (χ2v) is 37.2. The molecular formula is C95H205N25O23. The van der Waals surface area contributed by atoms with Crippen LogP contribution >= 0.6 is 0 Å². The highest BCUT2D eigenvalue weighted by Gasteiger charge is 2.21. The summed E-state index contributed by atoms with van der Waals surface area (Å²) >= 11 is 0. The summed E-state index contributed by atoms with van der Waals surface area (Å²) in [6.07, 6.45) is 34.4. The van der Waals surface area contributed by atoms with Crippen molar-refractivity contribution in [3.8, 4) is 0 Å². The molecule has 0 bridgehead atoms. The van der Waals surface area contributed by atoms with Gasteiger partial charge in [0.25, 0.3) is 0 Å². The van der Waals surface area contributed by atoms with Crippen molar-refractivity contribution in [2.24, 2.45) is 138 Å². The summed E-state index contributed by atoms with van der Waals surface area (Å²) in [5.74, 6) is -9.21. The number of nitrogens with one attached hydrogen (secondary N) is 3. The lowest BCUT2D eigenvalue weighted by atomic mass is 9.99. The summed E-state index contributed by atoms with van der Waals surface area (Å²) in [6.45, 7) is 24.7. The van der Waals surface area contributed by atoms with Crippen molar-refractivity contribution >= 4 is 82.8 Å². The first kappa shape index (κ1) is 157. The van der Waals surface area contributed by atoms with Gasteiger partial charge < -0.3 is 203 Å². The second kappa shape index (κ2) is 105. The number of nitrogens with two attached hydrogens (primary N) is 22. The lowest BCUT2D eigenvalue weighted by molar-refractivity contribution is -0.139. The largest absolute Gasteiger partial charge is 0.480 e. The third kappa shape index (κ3) is 133. The fourth-order valence-electron chi connectivity index (χ4n) is 11.3. The Morgan fingerprint density at radius 1 is 0.287 bits per heavy atom. The summed E-state index contributed by atoms with van der Waals surface area (Å²) in [6, 6.07) is -8.29. The van der Waals surface area contributed by atoms with Crippen LogP contribution in [0.25, 0.3) is 0 Å². The van der Waals surface area contributed by atoms with Crippen molar-refractivity contribution in [3.63, 3.8) is 0 Å². The van der Waals surface area contributed by atoms with E-state index in [0.717, 1.165) is 173 Å². The van der Waals surface area contributed by atoms with Gasteiger partial charge in [0.15, 0.2) is 0 Å². The summed E-state index contributed by atoms with van der Waals surface area (Å²) in [4.78, 5) is 114. The lowest BCUT2D eigenvalue weighted by Gasteiger charge is -2.16. The van der Waals surface area contributed by atoms with Crippen LogP contribution in [0.15, 0.2) is 23.2 Å². The minimum atomic E-state index is -1.02. The summed E-state index contributed by atoms with van der Waals surface area (Å²) < 4.78 is 5.18. The molecule has 0 aliphatic heterocycles. The molecule has 0 radical (unpaired) electrons. The van der Waals surface area contributed by atoms with Crippen LogP contribution in [0.2, 0.25) is 0 Å². The number of unbranched alkanes of at least 4 members (excludes halogenated alkanes) is 11. The number of rotatable bonds is 71. The molecule has 18 atom stereocenters. The molecule has 848 valence electrons. The Morgan fingerprint density at radius 3 is 0.867 bits per heavy atom. The second-order valence-electron chi connectivity index (χ2n) is 37.2. The molecule has 0 fully saturated rings. The van der Waals surface area contributed by atoms with Gasteiger partial charge in [0.05, 0.1) is 6.61 Å². The molecule has 0 aliphatic rings. The summed E-state index contributed by atoms with van der Waals surface area (Å²) in [5, 5.41) is 115. The minimum absolute atomic E-state index is 0.0744. The monoisotopic (exact) mass is 2060 g/mol. The van der Waals surface area contributed by atoms with Gasteiger partial charge in [-0.1, -0.05) is 118 Å². The van der Waals surface area contributed by atoms with Gasteiger partial charge >= 0.3 is 65.7 Å². The average molecular weight is 2070 g/mol. The smallest absolute Gasteiger partial charge is 0.320 e. The third-order valence-electron chi connectivity index (χ3n) is 20.7. The van der Waals surface area contributed by atoms with Crippen molar-refractivity contribution in [3.05, 3.63) is 23.2 Å². The zero-order chi connectivity index (χ0) is 114. The maximum Gasteiger partial charge on any atom is 0.320 e. The van der Waals surface area contributed by atoms with E-state index in [1.165, 1.54) is 0 Å². The molecule has 0 amide bonds. The molecule has 58 N–H and O–H groups in total. The van der Waals surface area contributed by atoms with Crippen LogP contribution in [0, 0.1) is 28.1 Å². The molecule has 18 unspecified atom stereocenters. The maximum absolute atomic E-state index is 10.4. The van der Waals surface area contributed by atoms with E-state index < -0.39 is 132 Å². The highest BCUT2D eigenvalue weighted by molar-refractivity contribution is 5.80. The number of hydrogen-bond donors (Lipinski definition) is 36. The van der Waals surface area contributed by atoms with Crippen molar-refractivity contribution in [2.45, 2.75) is 462 Å². The molecule has 0 rings (SSSR count). The van der Waals surface area contributed by atoms with E-state index in [2.05, 4.69) is 34.6 Å². The molecule has 0 saturated heterocycles. The average Bonchev–Trinajstić information content (AvgIpc) is 0.949. The first-order valence-electron chi connectivity index (χ1n) is 49.8. The third-order valence-corrected chi connectivity index (χ3v) is 20.7. The summed E-state index contributed by atoms with van der Waals surface area (Å²) in [7, 11) is 0. The number of carboxylic acids is 11. The lowest BCUT2D eigenvalue weighted by Crippen LogP contribution is -2.41. The Bertz CT molecular complexity index is 3270. The quantitative estimate of drug-likeness (QED) is 0.0294. The van der Waals surface area contributed by atoms with E-state index in [1.54, 1.807) is 40.7 Å². The Labute approximate surface area is 851 Å². The van der Waals surface area contributed by atoms with E-state index in [1.807, 2.05) is 13.8 Å². The molecule has 0 saturated carbocycles. The molecule has 143 heavy (non-hydrogen) atoms. The van der Waals surface area contributed by atoms with Crippen molar-refractivity contribution in [1.29, 1.82) is 16.2 Å². The Balaban J connectivity index is -0.000000149. The molecule has 48 nitrogen and oxygen atoms in total. The zero-order valence-corrected chi connectivity index (χ0v) is 88.5. The highest BCUT2D eigenvalue weighted by atomic mass is 16.5. The minimum Gasteiger partial charge on any atom is -0.480 e. The fraction of sp³-hybridized carbons (Fsp3) is 0.811. The van der Waals surface area contributed by atoms with Crippen molar-refractivity contribution in [1.82, 2.24) is 0 Å². The normalized spacial score (nSPS) is 14.7. The zero-order valence-electron chi connectivity index (χ0n) is 88.5. The standard InChI is InChI=1S/C11H24N2O2.C11H22N2O2.C10H20N2O3.C10H20N2O2.C9H20N2O2.C8H17N3O2.2C8H18N2O2.C7H17N3O2.C7H15N3O2.C6H14N2O2/c1-8(2)6-7-9(12)4-3-5-10(13)11(14)15;1-9(12)7-5-3-2-4-6-8-10(13)11(14)15;1-8(11)7-15-6-4-2-3-5-9(12)10(13)14;1-8(11)6-4-2-3-5-7-9(12)10(13)14;1-6(2)5-7(10)3-4-8(11)9(12)13;1-5(9)4-6(10)2-3-7(11)8(12)13;1-6(9)4-2-3-5-7(10)8(11)12;1-2-3-6(9)4-5-7(10)8(11)12;2*1-4(8)5(9)2-3-6(10)7(11)12;7-4-2-1-3-5(8)6(9)10/h8-10H,3-7,12-13H2,1-2H3,(H,14,15);10,12H,2-8,13H2,1H3,(H,14,15);9,11H,2-7,12H2,1H3,(H,13,14);9,11H,2-7,12H2,1H3,(H,13,14);6-8H,3-5,10-11H2,1-2H3,(H,12,13);4,6-7H,2-3,9-11H2,1H3,(H,12,13);2*6-7H,2-5,9-10H2,1H3,(H,11,12);4-6H,2-3,8-10H2,1H3,(H,11,12);6H,2-3,8-10H2,1H3,(H,11,12);5H,1-4,7-8H2,(H,9,10)/b;;;;;5-4-;;;;5-4-;. The van der Waals surface area contributed by atoms with Crippen LogP contribution in [-0.2, 0) is 57.5 Å². The van der Waals surface area contributed by atoms with Crippen LogP contribution in [0.5, 0.6) is 0 Å². The van der Waals surface area contributed by atoms with E-state index in [4.69, 9.17) is 203 Å². The molecule has 0 spiro atoms. The van der Waals surface area contributed by atoms with Crippen LogP contribution in [0.1, 0.15) is 353 Å². The van der Waals surface area contributed by atoms with Gasteiger partial charge in [-0.05, 0) is 259 Å². The first-order valence-corrected chi connectivity index (χ1v) is 49.8. The molecule has 48 heteroatoms. The highest BCUT2D eigenvalue weighted by Crippen LogP contribution is 2.15. The number of aliphatic carboxylic acids is 11. The fourth-order valence-corrected chi connectivity index (χ4v) is 11.3. The van der Waals surface area contributed by atoms with Crippen LogP contribution in [0.4, 0.5) is 0 Å². The van der Waals surface area contributed by atoms with Crippen LogP contribution in [-0.4, -0.2) is 267 Å². The Kier molecular flexibility index (Phi) is 115. The molecule has 0 aromatic heterocycles. The molecule has 0 aromatic rings. The van der Waals surface area contributed by atoms with Gasteiger partial charge in [-0.15, -0.1) is 0 Å². The van der Waals surface area contributed by atoms with Gasteiger partial charge in [0.2, 0.25) is 0 Å². The summed E-state index contributed by atoms with van der Waals surface area (Å²) in [5.41, 5.74) is 123. The van der Waals surface area contributed by atoms with Crippen LogP contribution < -0.4 is 126 Å². The topological polar surface area (TPSA) is 1060 Å². The van der Waals surface area contributed by atoms with Crippen LogP contribution in [0.3, 0.4) is 0 Å². The Morgan fingerprint density at radius 2 is 0.566 bits per heavy atom. The van der Waals surface area contributed by atoms with Gasteiger partial charge in [-0.25, -0.2) is 0 Å². The van der Waals surface area contributed by atoms with E-state index >= 15 is 0 Å². The van der Waals surface area contributed by atoms with Gasteiger partial charge in [-0.2, -0.15) is 0 Å². The number of ether oxygens (including phenoxy) is 1. The van der Waals surface area contributed by atoms with E-state index in [0.29, 0.717) is 163 Å². The van der Waals surface area contributed by atoms with Crippen molar-refractivity contribution < 1.29 is 114 Å². The number of allylic oxidation sites excluding steroid dienone is 3. The number of hydrogen-bond acceptors (Lipinski definition) is 37. The predicted molar refractivity (Wildman–Crippen MR) is 567 cm³/mol. The Hall–Kier alpha value is -8.74. The first-order chi connectivity index (χ1) is 66.1. The van der Waals surface area contributed by atoms with E-state index in [9.17, 15) is 52.7 Å². The van der Waals surface area contributed by atoms with E-state index in [-0.39, 0.29) is 42.3 Å². The molecular weight excluding hydrogens is 1860 g/mol. The maximum atomic E-state index is 10.4. The number of carboxylic acid groups (broad SMARTS) is 11. The SMILES string of the molecule is C/C(N)=C(/N)CCC(N)C(=O)O.C/C(N)=C/C(N)CCC(N)C(=O)O.CC(=N)CCCCCCC(N)C(=O)O.CC(=N)CCCCCCCC(N)C(=O)O.CC(=N)COCCCCCC(N)C(=O)O.CC(C)CC(N)CCC(N)C(=O)O.CC(C)CCC(N)CCCC(N)C(=O)O.CC(N)C(N)CCC(N)C(=O)O.CC(N)CCCCC(N)C(=O)O.CCCC(N)CCC(N)C(=O)O.NCCCCC(N)C(=O)O. The molecule has 0 aliphatic carbocycles. The van der Waals surface area contributed by atoms with Crippen molar-refractivity contribution in [2.75, 3.05) is 19.8 Å². The van der Waals surface area contributed by atoms with Gasteiger partial charge in [0, 0.05) is 83.1 Å². The van der Waals surface area contributed by atoms with Gasteiger partial charge in [-0.3, -0.25) is 52.7 Å². The number of carbonyl (C=O) groups is 11.